The summed E-state index contributed by atoms with van der Waals surface area (Å²) >= 11 is 5.69. The maximum absolute atomic E-state index is 13.0. The third kappa shape index (κ3) is 6.51. The average molecular weight is 367 g/mol. The topological polar surface area (TPSA) is 59.6 Å². The van der Waals surface area contributed by atoms with Gasteiger partial charge in [-0.3, -0.25) is 4.79 Å². The summed E-state index contributed by atoms with van der Waals surface area (Å²) < 4.78 is 23.6. The lowest BCUT2D eigenvalue weighted by molar-refractivity contribution is -0.120. The van der Waals surface area contributed by atoms with E-state index in [0.717, 1.165) is 5.75 Å². The lowest BCUT2D eigenvalue weighted by atomic mass is 10.3. The van der Waals surface area contributed by atoms with E-state index in [2.05, 4.69) is 10.6 Å². The number of hydrogen-bond donors (Lipinski definition) is 2. The number of carbonyl (C=O) groups excluding carboxylic acids is 1. The van der Waals surface area contributed by atoms with Crippen molar-refractivity contribution >= 4 is 23.2 Å². The van der Waals surface area contributed by atoms with Crippen molar-refractivity contribution in [3.8, 4) is 11.5 Å². The highest BCUT2D eigenvalue weighted by atomic mass is 35.5. The zero-order valence-corrected chi connectivity index (χ0v) is 14.6. The van der Waals surface area contributed by atoms with Crippen molar-refractivity contribution in [2.75, 3.05) is 32.1 Å². The van der Waals surface area contributed by atoms with Crippen LogP contribution in [0.25, 0.3) is 0 Å². The molecule has 2 rings (SSSR count). The van der Waals surface area contributed by atoms with Crippen LogP contribution < -0.4 is 20.1 Å². The summed E-state index contributed by atoms with van der Waals surface area (Å²) in [6.45, 7) is 1.21. The number of carbonyl (C=O) groups is 1. The molecule has 2 N–H and O–H groups in total. The normalized spacial score (nSPS) is 10.2. The van der Waals surface area contributed by atoms with Gasteiger partial charge in [-0.25, -0.2) is 4.39 Å². The molecule has 5 nitrogen and oxygen atoms in total. The first-order valence-electron chi connectivity index (χ1n) is 7.81. The monoisotopic (exact) mass is 366 g/mol. The molecule has 25 heavy (non-hydrogen) atoms. The summed E-state index contributed by atoms with van der Waals surface area (Å²) in [7, 11) is 1.60. The molecule has 2 aromatic rings. The molecule has 0 atom stereocenters. The minimum Gasteiger partial charge on any atom is -0.497 e. The molecule has 134 valence electrons. The lowest BCUT2D eigenvalue weighted by Crippen LogP contribution is -2.29. The molecular weight excluding hydrogens is 347 g/mol. The summed E-state index contributed by atoms with van der Waals surface area (Å²) in [5.74, 6) is 0.904. The van der Waals surface area contributed by atoms with E-state index in [-0.39, 0.29) is 17.4 Å². The van der Waals surface area contributed by atoms with E-state index in [4.69, 9.17) is 21.1 Å². The molecule has 0 radical (unpaired) electrons. The van der Waals surface area contributed by atoms with Gasteiger partial charge in [-0.05, 0) is 42.5 Å². The molecule has 2 aromatic carbocycles. The van der Waals surface area contributed by atoms with Crippen molar-refractivity contribution in [3.05, 3.63) is 53.3 Å². The van der Waals surface area contributed by atoms with Gasteiger partial charge in [0.2, 0.25) is 5.91 Å². The van der Waals surface area contributed by atoms with Gasteiger partial charge in [0.05, 0.1) is 18.7 Å². The molecule has 0 heterocycles. The Labute approximate surface area is 151 Å². The zero-order valence-electron chi connectivity index (χ0n) is 13.9. The van der Waals surface area contributed by atoms with Gasteiger partial charge in [0.25, 0.3) is 0 Å². The lowest BCUT2D eigenvalue weighted by Gasteiger charge is -2.09. The van der Waals surface area contributed by atoms with Gasteiger partial charge in [-0.15, -0.1) is 0 Å². The van der Waals surface area contributed by atoms with Crippen LogP contribution in [0.1, 0.15) is 6.42 Å². The first-order chi connectivity index (χ1) is 12.1. The second-order valence-electron chi connectivity index (χ2n) is 5.18. The van der Waals surface area contributed by atoms with E-state index in [1.807, 2.05) is 0 Å². The number of anilines is 1. The first-order valence-corrected chi connectivity index (χ1v) is 8.19. The Hall–Kier alpha value is -2.47. The summed E-state index contributed by atoms with van der Waals surface area (Å²) in [4.78, 5) is 11.7. The van der Waals surface area contributed by atoms with Crippen molar-refractivity contribution in [1.29, 1.82) is 0 Å². The Balaban J connectivity index is 1.59. The summed E-state index contributed by atoms with van der Waals surface area (Å²) in [5.41, 5.74) is 0.669. The number of rotatable bonds is 9. The highest BCUT2D eigenvalue weighted by Crippen LogP contribution is 2.19. The minimum absolute atomic E-state index is 0.0464. The second-order valence-corrected chi connectivity index (χ2v) is 5.59. The van der Waals surface area contributed by atoms with Gasteiger partial charge < -0.3 is 20.1 Å². The van der Waals surface area contributed by atoms with E-state index in [1.165, 1.54) is 12.1 Å². The Kier molecular flexibility index (Phi) is 7.35. The number of hydrogen-bond acceptors (Lipinski definition) is 4. The number of amides is 1. The molecule has 0 unspecified atom stereocenters. The Morgan fingerprint density at radius 3 is 2.52 bits per heavy atom. The van der Waals surface area contributed by atoms with E-state index in [1.54, 1.807) is 37.4 Å². The number of benzene rings is 2. The fourth-order valence-corrected chi connectivity index (χ4v) is 2.23. The first kappa shape index (κ1) is 18.9. The van der Waals surface area contributed by atoms with Crippen molar-refractivity contribution in [2.45, 2.75) is 6.42 Å². The van der Waals surface area contributed by atoms with E-state index < -0.39 is 5.82 Å². The second kappa shape index (κ2) is 9.74. The van der Waals surface area contributed by atoms with Crippen molar-refractivity contribution in [2.24, 2.45) is 0 Å². The smallest absolute Gasteiger partial charge is 0.221 e. The van der Waals surface area contributed by atoms with Crippen LogP contribution in [0.4, 0.5) is 10.1 Å². The molecule has 0 spiro atoms. The zero-order chi connectivity index (χ0) is 18.1. The van der Waals surface area contributed by atoms with Gasteiger partial charge in [0.1, 0.15) is 23.9 Å². The van der Waals surface area contributed by atoms with Gasteiger partial charge in [-0.1, -0.05) is 11.6 Å². The third-order valence-electron chi connectivity index (χ3n) is 3.35. The molecule has 1 amide bonds. The number of halogens is 2. The maximum atomic E-state index is 13.0. The van der Waals surface area contributed by atoms with E-state index >= 15 is 0 Å². The molecule has 0 saturated carbocycles. The molecule has 0 fully saturated rings. The predicted octanol–water partition coefficient (Wildman–Crippen LogP) is 3.48. The van der Waals surface area contributed by atoms with Crippen LogP contribution in [-0.4, -0.2) is 32.7 Å². The van der Waals surface area contributed by atoms with Gasteiger partial charge in [-0.2, -0.15) is 0 Å². The number of methoxy groups -OCH3 is 1. The SMILES string of the molecule is COc1ccc(OCCNC(=O)CCNc2ccc(F)c(Cl)c2)cc1. The summed E-state index contributed by atoms with van der Waals surface area (Å²) in [5, 5.41) is 5.83. The maximum Gasteiger partial charge on any atom is 0.221 e. The van der Waals surface area contributed by atoms with Crippen LogP contribution in [0.5, 0.6) is 11.5 Å². The van der Waals surface area contributed by atoms with Crippen molar-refractivity contribution in [3.63, 3.8) is 0 Å². The fraction of sp³-hybridized carbons (Fsp3) is 0.278. The van der Waals surface area contributed by atoms with Crippen LogP contribution in [0.2, 0.25) is 5.02 Å². The molecule has 0 aliphatic carbocycles. The van der Waals surface area contributed by atoms with Crippen LogP contribution in [-0.2, 0) is 4.79 Å². The highest BCUT2D eigenvalue weighted by Gasteiger charge is 2.03. The largest absolute Gasteiger partial charge is 0.497 e. The molecule has 0 bridgehead atoms. The highest BCUT2D eigenvalue weighted by molar-refractivity contribution is 6.31. The average Bonchev–Trinajstić information content (AvgIpc) is 2.62. The van der Waals surface area contributed by atoms with Crippen molar-refractivity contribution < 1.29 is 18.7 Å². The summed E-state index contributed by atoms with van der Waals surface area (Å²) in [6.07, 6.45) is 0.289. The Bertz CT molecular complexity index is 695. The quantitative estimate of drug-likeness (QED) is 0.667. The number of nitrogens with one attached hydrogen (secondary N) is 2. The molecule has 0 aliphatic heterocycles. The van der Waals surface area contributed by atoms with E-state index in [0.29, 0.717) is 31.1 Å². The van der Waals surface area contributed by atoms with E-state index in [9.17, 15) is 9.18 Å². The fourth-order valence-electron chi connectivity index (χ4n) is 2.05. The Morgan fingerprint density at radius 1 is 1.12 bits per heavy atom. The van der Waals surface area contributed by atoms with Gasteiger partial charge >= 0.3 is 0 Å². The molecular formula is C18H20ClFN2O3. The predicted molar refractivity (Wildman–Crippen MR) is 96.0 cm³/mol. The van der Waals surface area contributed by atoms with Gasteiger partial charge in [0.15, 0.2) is 0 Å². The molecule has 0 aliphatic rings. The Morgan fingerprint density at radius 2 is 1.84 bits per heavy atom. The third-order valence-corrected chi connectivity index (χ3v) is 3.64. The standard InChI is InChI=1S/C18H20ClFN2O3/c1-24-14-3-5-15(6-4-14)25-11-10-22-18(23)8-9-21-13-2-7-17(20)16(19)12-13/h2-7,12,21H,8-11H2,1H3,(H,22,23). The van der Waals surface area contributed by atoms with Gasteiger partial charge in [0, 0.05) is 18.7 Å². The summed E-state index contributed by atoms with van der Waals surface area (Å²) in [6, 6.07) is 11.6. The number of ether oxygens (including phenoxy) is 2. The van der Waals surface area contributed by atoms with Crippen LogP contribution >= 0.6 is 11.6 Å². The van der Waals surface area contributed by atoms with Crippen molar-refractivity contribution in [1.82, 2.24) is 5.32 Å². The van der Waals surface area contributed by atoms with Crippen LogP contribution in [0.15, 0.2) is 42.5 Å². The molecule has 7 heteroatoms. The van der Waals surface area contributed by atoms with Crippen LogP contribution in [0, 0.1) is 5.82 Å². The molecule has 0 aromatic heterocycles. The molecule has 0 saturated heterocycles. The van der Waals surface area contributed by atoms with Crippen LogP contribution in [0.3, 0.4) is 0 Å². The minimum atomic E-state index is -0.471.